The largest absolute Gasteiger partial charge is 0.310 e. The summed E-state index contributed by atoms with van der Waals surface area (Å²) in [4.78, 5) is 2.39. The van der Waals surface area contributed by atoms with Crippen LogP contribution in [0.3, 0.4) is 0 Å². The van der Waals surface area contributed by atoms with Crippen molar-refractivity contribution >= 4 is 27.8 Å². The first-order chi connectivity index (χ1) is 23.3. The predicted octanol–water partition coefficient (Wildman–Crippen LogP) is 13.0. The van der Waals surface area contributed by atoms with Gasteiger partial charge in [0.2, 0.25) is 0 Å². The second-order valence-corrected chi connectivity index (χ2v) is 11.8. The van der Waals surface area contributed by atoms with Crippen molar-refractivity contribution in [3.63, 3.8) is 0 Å². The smallest absolute Gasteiger partial charge is 0.0540 e. The van der Waals surface area contributed by atoms with Crippen molar-refractivity contribution in [2.45, 2.75) is 0 Å². The van der Waals surface area contributed by atoms with Gasteiger partial charge in [0.1, 0.15) is 0 Å². The summed E-state index contributed by atoms with van der Waals surface area (Å²) in [6, 6.07) is 71.9. The molecule has 8 aromatic rings. The Morgan fingerprint density at radius 2 is 0.809 bits per heavy atom. The van der Waals surface area contributed by atoms with Crippen molar-refractivity contribution in [3.05, 3.63) is 200 Å². The number of anilines is 3. The maximum Gasteiger partial charge on any atom is 0.0540 e. The van der Waals surface area contributed by atoms with E-state index in [-0.39, 0.29) is 0 Å². The van der Waals surface area contributed by atoms with Gasteiger partial charge in [-0.05, 0) is 86.1 Å². The summed E-state index contributed by atoms with van der Waals surface area (Å²) in [5.74, 6) is 0. The van der Waals surface area contributed by atoms with Gasteiger partial charge in [-0.1, -0.05) is 164 Å². The first kappa shape index (κ1) is 28.3. The quantitative estimate of drug-likeness (QED) is 0.176. The van der Waals surface area contributed by atoms with Gasteiger partial charge in [0, 0.05) is 16.9 Å². The van der Waals surface area contributed by atoms with Gasteiger partial charge in [0.15, 0.2) is 0 Å². The summed E-state index contributed by atoms with van der Waals surface area (Å²) in [6.07, 6.45) is 0. The van der Waals surface area contributed by atoms with Crippen LogP contribution in [-0.2, 0) is 0 Å². The lowest BCUT2D eigenvalue weighted by molar-refractivity contribution is 1.29. The third kappa shape index (κ3) is 5.60. The third-order valence-electron chi connectivity index (χ3n) is 8.87. The molecular formula is C46H33N. The Morgan fingerprint density at radius 1 is 0.255 bits per heavy atom. The summed E-state index contributed by atoms with van der Waals surface area (Å²) < 4.78 is 0. The Kier molecular flexibility index (Phi) is 7.63. The fourth-order valence-electron chi connectivity index (χ4n) is 6.62. The lowest BCUT2D eigenvalue weighted by atomic mass is 9.87. The van der Waals surface area contributed by atoms with E-state index in [0.717, 1.165) is 17.1 Å². The first-order valence-corrected chi connectivity index (χ1v) is 16.1. The minimum atomic E-state index is 1.11. The highest BCUT2D eigenvalue weighted by Crippen LogP contribution is 2.46. The number of para-hydroxylation sites is 2. The second-order valence-electron chi connectivity index (χ2n) is 11.8. The second kappa shape index (κ2) is 12.7. The molecule has 0 bridgehead atoms. The van der Waals surface area contributed by atoms with Crippen LogP contribution in [0.25, 0.3) is 55.3 Å². The Morgan fingerprint density at radius 3 is 1.53 bits per heavy atom. The molecule has 0 unspecified atom stereocenters. The van der Waals surface area contributed by atoms with Gasteiger partial charge in [-0.25, -0.2) is 0 Å². The molecule has 1 heteroatoms. The maximum atomic E-state index is 2.39. The van der Waals surface area contributed by atoms with Crippen LogP contribution in [0.15, 0.2) is 200 Å². The van der Waals surface area contributed by atoms with Crippen molar-refractivity contribution in [2.75, 3.05) is 4.90 Å². The van der Waals surface area contributed by atoms with Crippen LogP contribution in [0.1, 0.15) is 0 Å². The molecule has 0 aromatic heterocycles. The van der Waals surface area contributed by atoms with Crippen molar-refractivity contribution in [1.82, 2.24) is 0 Å². The van der Waals surface area contributed by atoms with E-state index in [0.29, 0.717) is 0 Å². The lowest BCUT2D eigenvalue weighted by Crippen LogP contribution is -2.11. The monoisotopic (exact) mass is 599 g/mol. The SMILES string of the molecule is c1ccc(-c2ccc(-c3ccccc3)c(-c3ccccc3-c3ccccc3N(c3ccccc3)c3ccc4ccccc4c3)c2)cc1. The van der Waals surface area contributed by atoms with Crippen LogP contribution in [0, 0.1) is 0 Å². The van der Waals surface area contributed by atoms with Crippen molar-refractivity contribution in [1.29, 1.82) is 0 Å². The summed E-state index contributed by atoms with van der Waals surface area (Å²) in [5, 5.41) is 2.45. The fourth-order valence-corrected chi connectivity index (χ4v) is 6.62. The molecule has 0 fully saturated rings. The van der Waals surface area contributed by atoms with Crippen LogP contribution >= 0.6 is 0 Å². The van der Waals surface area contributed by atoms with Gasteiger partial charge >= 0.3 is 0 Å². The van der Waals surface area contributed by atoms with E-state index in [1.165, 1.54) is 55.3 Å². The zero-order valence-electron chi connectivity index (χ0n) is 26.0. The lowest BCUT2D eigenvalue weighted by Gasteiger charge is -2.29. The van der Waals surface area contributed by atoms with E-state index in [1.54, 1.807) is 0 Å². The molecule has 0 N–H and O–H groups in total. The standard InChI is InChI=1S/C46H33N/c1-4-16-34(17-5-1)38-29-31-41(36-19-6-2-7-20-36)45(33-38)43-25-13-12-24-42(43)44-26-14-15-27-46(44)47(39-22-8-3-9-23-39)40-30-28-35-18-10-11-21-37(35)32-40/h1-33H. The molecule has 222 valence electrons. The Labute approximate surface area is 276 Å². The van der Waals surface area contributed by atoms with E-state index in [2.05, 4.69) is 205 Å². The average Bonchev–Trinajstić information content (AvgIpc) is 3.16. The molecule has 0 heterocycles. The molecule has 0 saturated carbocycles. The molecule has 8 aromatic carbocycles. The highest BCUT2D eigenvalue weighted by Gasteiger charge is 2.20. The number of hydrogen-bond donors (Lipinski definition) is 0. The molecule has 0 radical (unpaired) electrons. The zero-order chi connectivity index (χ0) is 31.4. The topological polar surface area (TPSA) is 3.24 Å². The number of hydrogen-bond acceptors (Lipinski definition) is 1. The summed E-state index contributed by atoms with van der Waals surface area (Å²) in [5.41, 5.74) is 12.9. The van der Waals surface area contributed by atoms with Gasteiger partial charge in [-0.3, -0.25) is 0 Å². The van der Waals surface area contributed by atoms with Crippen LogP contribution in [0.4, 0.5) is 17.1 Å². The minimum Gasteiger partial charge on any atom is -0.310 e. The summed E-state index contributed by atoms with van der Waals surface area (Å²) in [7, 11) is 0. The summed E-state index contributed by atoms with van der Waals surface area (Å²) >= 11 is 0. The molecular weight excluding hydrogens is 567 g/mol. The molecule has 0 aliphatic rings. The molecule has 8 rings (SSSR count). The molecule has 0 amide bonds. The first-order valence-electron chi connectivity index (χ1n) is 16.1. The highest BCUT2D eigenvalue weighted by molar-refractivity contribution is 5.99. The van der Waals surface area contributed by atoms with Gasteiger partial charge in [-0.15, -0.1) is 0 Å². The van der Waals surface area contributed by atoms with E-state index in [9.17, 15) is 0 Å². The van der Waals surface area contributed by atoms with Crippen LogP contribution in [-0.4, -0.2) is 0 Å². The van der Waals surface area contributed by atoms with E-state index < -0.39 is 0 Å². The molecule has 0 spiro atoms. The van der Waals surface area contributed by atoms with Crippen LogP contribution in [0.2, 0.25) is 0 Å². The summed E-state index contributed by atoms with van der Waals surface area (Å²) in [6.45, 7) is 0. The maximum absolute atomic E-state index is 2.39. The number of rotatable bonds is 7. The van der Waals surface area contributed by atoms with E-state index >= 15 is 0 Å². The van der Waals surface area contributed by atoms with Gasteiger partial charge < -0.3 is 4.90 Å². The minimum absolute atomic E-state index is 1.11. The molecule has 0 aliphatic carbocycles. The predicted molar refractivity (Wildman–Crippen MR) is 200 cm³/mol. The molecule has 47 heavy (non-hydrogen) atoms. The molecule has 0 atom stereocenters. The van der Waals surface area contributed by atoms with E-state index in [4.69, 9.17) is 0 Å². The normalized spacial score (nSPS) is 11.0. The Bertz CT molecular complexity index is 2290. The molecule has 1 nitrogen and oxygen atoms in total. The number of benzene rings is 8. The number of nitrogens with zero attached hydrogens (tertiary/aromatic N) is 1. The van der Waals surface area contributed by atoms with E-state index in [1.807, 2.05) is 0 Å². The average molecular weight is 600 g/mol. The van der Waals surface area contributed by atoms with Gasteiger partial charge in [0.25, 0.3) is 0 Å². The number of fused-ring (bicyclic) bond motifs is 1. The van der Waals surface area contributed by atoms with Gasteiger partial charge in [0.05, 0.1) is 5.69 Å². The molecule has 0 aliphatic heterocycles. The third-order valence-corrected chi connectivity index (χ3v) is 8.87. The zero-order valence-corrected chi connectivity index (χ0v) is 26.0. The molecule has 0 saturated heterocycles. The van der Waals surface area contributed by atoms with Crippen LogP contribution < -0.4 is 4.90 Å². The van der Waals surface area contributed by atoms with Crippen LogP contribution in [0.5, 0.6) is 0 Å². The van der Waals surface area contributed by atoms with Gasteiger partial charge in [-0.2, -0.15) is 0 Å². The Balaban J connectivity index is 1.36. The van der Waals surface area contributed by atoms with Crippen molar-refractivity contribution < 1.29 is 0 Å². The Hall–Kier alpha value is -6.18. The van der Waals surface area contributed by atoms with Crippen molar-refractivity contribution in [2.24, 2.45) is 0 Å². The van der Waals surface area contributed by atoms with Crippen molar-refractivity contribution in [3.8, 4) is 44.5 Å². The fraction of sp³-hybridized carbons (Fsp3) is 0. The highest BCUT2D eigenvalue weighted by atomic mass is 15.1.